The van der Waals surface area contributed by atoms with Crippen LogP contribution in [-0.2, 0) is 6.54 Å². The van der Waals surface area contributed by atoms with Gasteiger partial charge < -0.3 is 21.5 Å². The number of carbonyl (C=O) groups is 1. The molecule has 0 unspecified atom stereocenters. The van der Waals surface area contributed by atoms with Crippen LogP contribution in [0.4, 0.5) is 16.2 Å². The van der Waals surface area contributed by atoms with Crippen LogP contribution < -0.4 is 16.4 Å². The fourth-order valence-electron chi connectivity index (χ4n) is 1.53. The number of pyridine rings is 1. The first-order valence-corrected chi connectivity index (χ1v) is 5.68. The number of hydrogen-bond donors (Lipinski definition) is 4. The van der Waals surface area contributed by atoms with Crippen molar-refractivity contribution in [2.45, 2.75) is 6.54 Å². The van der Waals surface area contributed by atoms with Crippen LogP contribution >= 0.6 is 0 Å². The van der Waals surface area contributed by atoms with Crippen LogP contribution in [-0.4, -0.2) is 16.1 Å². The predicted molar refractivity (Wildman–Crippen MR) is 72.9 cm³/mol. The van der Waals surface area contributed by atoms with Crippen LogP contribution in [0.2, 0.25) is 0 Å². The molecular weight excluding hydrogens is 244 g/mol. The maximum atomic E-state index is 10.7. The van der Waals surface area contributed by atoms with Crippen molar-refractivity contribution in [3.8, 4) is 5.75 Å². The average molecular weight is 258 g/mol. The van der Waals surface area contributed by atoms with E-state index in [1.54, 1.807) is 24.3 Å². The molecule has 0 fully saturated rings. The Hall–Kier alpha value is -2.76. The second-order valence-corrected chi connectivity index (χ2v) is 3.93. The van der Waals surface area contributed by atoms with Crippen molar-refractivity contribution in [2.75, 3.05) is 10.6 Å². The molecule has 2 amide bonds. The Balaban J connectivity index is 1.92. The van der Waals surface area contributed by atoms with Crippen molar-refractivity contribution in [1.29, 1.82) is 0 Å². The summed E-state index contributed by atoms with van der Waals surface area (Å²) in [7, 11) is 0. The number of amides is 2. The summed E-state index contributed by atoms with van der Waals surface area (Å²) in [6.45, 7) is 0.545. The zero-order valence-corrected chi connectivity index (χ0v) is 10.1. The van der Waals surface area contributed by atoms with Gasteiger partial charge in [-0.25, -0.2) is 4.79 Å². The SMILES string of the molecule is NC(=O)Nc1ccc(NCc2ccc(O)cn2)cc1. The molecule has 0 saturated heterocycles. The summed E-state index contributed by atoms with van der Waals surface area (Å²) in [5.74, 6) is 0.144. The highest BCUT2D eigenvalue weighted by molar-refractivity contribution is 5.87. The number of aromatic nitrogens is 1. The number of primary amides is 1. The van der Waals surface area contributed by atoms with Crippen molar-refractivity contribution in [3.05, 3.63) is 48.3 Å². The second kappa shape index (κ2) is 5.72. The number of hydrogen-bond acceptors (Lipinski definition) is 4. The van der Waals surface area contributed by atoms with E-state index < -0.39 is 6.03 Å². The number of nitrogens with two attached hydrogens (primary N) is 1. The van der Waals surface area contributed by atoms with E-state index >= 15 is 0 Å². The molecule has 0 aliphatic rings. The van der Waals surface area contributed by atoms with E-state index in [4.69, 9.17) is 10.8 Å². The Morgan fingerprint density at radius 3 is 2.42 bits per heavy atom. The van der Waals surface area contributed by atoms with Crippen LogP contribution in [0.5, 0.6) is 5.75 Å². The van der Waals surface area contributed by atoms with Gasteiger partial charge >= 0.3 is 6.03 Å². The molecular formula is C13H14N4O2. The number of carbonyl (C=O) groups excluding carboxylic acids is 1. The van der Waals surface area contributed by atoms with Gasteiger partial charge in [-0.2, -0.15) is 0 Å². The van der Waals surface area contributed by atoms with Crippen LogP contribution in [0.15, 0.2) is 42.6 Å². The topological polar surface area (TPSA) is 100 Å². The fraction of sp³-hybridized carbons (Fsp3) is 0.0769. The monoisotopic (exact) mass is 258 g/mol. The molecule has 0 aliphatic carbocycles. The third-order valence-electron chi connectivity index (χ3n) is 2.44. The minimum atomic E-state index is -0.589. The largest absolute Gasteiger partial charge is 0.506 e. The lowest BCUT2D eigenvalue weighted by Gasteiger charge is -2.07. The molecule has 2 rings (SSSR count). The molecule has 0 spiro atoms. The van der Waals surface area contributed by atoms with Gasteiger partial charge in [-0.15, -0.1) is 0 Å². The lowest BCUT2D eigenvalue weighted by Crippen LogP contribution is -2.19. The molecule has 0 bridgehead atoms. The van der Waals surface area contributed by atoms with E-state index in [0.717, 1.165) is 11.4 Å². The highest BCUT2D eigenvalue weighted by atomic mass is 16.3. The van der Waals surface area contributed by atoms with Gasteiger partial charge in [-0.05, 0) is 36.4 Å². The summed E-state index contributed by atoms with van der Waals surface area (Å²) in [6, 6.07) is 9.88. The first-order chi connectivity index (χ1) is 9.13. The molecule has 0 radical (unpaired) electrons. The van der Waals surface area contributed by atoms with E-state index in [-0.39, 0.29) is 5.75 Å². The van der Waals surface area contributed by atoms with Crippen molar-refractivity contribution < 1.29 is 9.90 Å². The Kier molecular flexibility index (Phi) is 3.82. The van der Waals surface area contributed by atoms with E-state index in [1.165, 1.54) is 6.20 Å². The van der Waals surface area contributed by atoms with Gasteiger partial charge in [0.05, 0.1) is 18.4 Å². The Bertz CT molecular complexity index is 552. The Labute approximate surface area is 110 Å². The molecule has 6 nitrogen and oxygen atoms in total. The summed E-state index contributed by atoms with van der Waals surface area (Å²) in [6.07, 6.45) is 1.40. The molecule has 6 heteroatoms. The third kappa shape index (κ3) is 3.88. The predicted octanol–water partition coefficient (Wildman–Crippen LogP) is 1.89. The molecule has 1 aromatic carbocycles. The number of benzene rings is 1. The number of aromatic hydroxyl groups is 1. The van der Waals surface area contributed by atoms with Gasteiger partial charge in [-0.3, -0.25) is 4.98 Å². The number of nitrogens with one attached hydrogen (secondary N) is 2. The molecule has 1 aromatic heterocycles. The zero-order valence-electron chi connectivity index (χ0n) is 10.1. The van der Waals surface area contributed by atoms with Gasteiger partial charge in [0.15, 0.2) is 0 Å². The molecule has 2 aromatic rings. The first kappa shape index (κ1) is 12.7. The lowest BCUT2D eigenvalue weighted by molar-refractivity contribution is 0.259. The van der Waals surface area contributed by atoms with E-state index in [2.05, 4.69) is 15.6 Å². The van der Waals surface area contributed by atoms with Crippen molar-refractivity contribution in [2.24, 2.45) is 5.73 Å². The Morgan fingerprint density at radius 2 is 1.84 bits per heavy atom. The van der Waals surface area contributed by atoms with Gasteiger partial charge in [0.2, 0.25) is 0 Å². The minimum Gasteiger partial charge on any atom is -0.506 e. The van der Waals surface area contributed by atoms with Gasteiger partial charge in [0.1, 0.15) is 5.75 Å². The summed E-state index contributed by atoms with van der Waals surface area (Å²) in [5, 5.41) is 14.8. The molecule has 1 heterocycles. The number of rotatable bonds is 4. The molecule has 5 N–H and O–H groups in total. The summed E-state index contributed by atoms with van der Waals surface area (Å²) in [5.41, 5.74) is 7.36. The highest BCUT2D eigenvalue weighted by Gasteiger charge is 1.98. The smallest absolute Gasteiger partial charge is 0.316 e. The van der Waals surface area contributed by atoms with Crippen molar-refractivity contribution in [1.82, 2.24) is 4.98 Å². The van der Waals surface area contributed by atoms with Crippen LogP contribution in [0.3, 0.4) is 0 Å². The number of urea groups is 1. The van der Waals surface area contributed by atoms with E-state index in [0.29, 0.717) is 12.2 Å². The van der Waals surface area contributed by atoms with Crippen LogP contribution in [0.25, 0.3) is 0 Å². The quantitative estimate of drug-likeness (QED) is 0.672. The van der Waals surface area contributed by atoms with E-state index in [1.807, 2.05) is 12.1 Å². The Morgan fingerprint density at radius 1 is 1.16 bits per heavy atom. The standard InChI is InChI=1S/C13H14N4O2/c14-13(19)17-10-3-1-9(2-4-10)15-7-11-5-6-12(18)8-16-11/h1-6,8,15,18H,7H2,(H3,14,17,19). The number of nitrogens with zero attached hydrogens (tertiary/aromatic N) is 1. The van der Waals surface area contributed by atoms with Gasteiger partial charge in [0.25, 0.3) is 0 Å². The second-order valence-electron chi connectivity index (χ2n) is 3.93. The summed E-state index contributed by atoms with van der Waals surface area (Å²) >= 11 is 0. The maximum Gasteiger partial charge on any atom is 0.316 e. The maximum absolute atomic E-state index is 10.7. The van der Waals surface area contributed by atoms with Gasteiger partial charge in [0, 0.05) is 11.4 Å². The van der Waals surface area contributed by atoms with Crippen LogP contribution in [0.1, 0.15) is 5.69 Å². The van der Waals surface area contributed by atoms with Crippen molar-refractivity contribution >= 4 is 17.4 Å². The van der Waals surface area contributed by atoms with Crippen LogP contribution in [0, 0.1) is 0 Å². The molecule has 0 atom stereocenters. The highest BCUT2D eigenvalue weighted by Crippen LogP contribution is 2.14. The molecule has 98 valence electrons. The average Bonchev–Trinajstić information content (AvgIpc) is 2.39. The zero-order chi connectivity index (χ0) is 13.7. The van der Waals surface area contributed by atoms with E-state index in [9.17, 15) is 4.79 Å². The normalized spacial score (nSPS) is 9.89. The number of anilines is 2. The first-order valence-electron chi connectivity index (χ1n) is 5.68. The van der Waals surface area contributed by atoms with Crippen molar-refractivity contribution in [3.63, 3.8) is 0 Å². The summed E-state index contributed by atoms with van der Waals surface area (Å²) < 4.78 is 0. The van der Waals surface area contributed by atoms with Gasteiger partial charge in [-0.1, -0.05) is 0 Å². The molecule has 0 saturated carbocycles. The summed E-state index contributed by atoms with van der Waals surface area (Å²) in [4.78, 5) is 14.7. The molecule has 19 heavy (non-hydrogen) atoms. The lowest BCUT2D eigenvalue weighted by atomic mass is 10.2. The third-order valence-corrected chi connectivity index (χ3v) is 2.44. The fourth-order valence-corrected chi connectivity index (χ4v) is 1.53. The minimum absolute atomic E-state index is 0.144. The molecule has 0 aliphatic heterocycles.